The smallest absolute Gasteiger partial charge is 0.330 e. The Hall–Kier alpha value is -1.57. The highest BCUT2D eigenvalue weighted by Gasteiger charge is 2.08. The molecule has 2 aliphatic carbocycles. The van der Waals surface area contributed by atoms with Gasteiger partial charge in [-0.05, 0) is 49.7 Å². The van der Waals surface area contributed by atoms with E-state index < -0.39 is 0 Å². The SMILES string of the molecule is COC(=O)/C=C/C1=CC(=C\C2=CCCC2)/CCC1. The van der Waals surface area contributed by atoms with Crippen molar-refractivity contribution in [1.82, 2.24) is 0 Å². The molecule has 0 heterocycles. The summed E-state index contributed by atoms with van der Waals surface area (Å²) in [7, 11) is 1.40. The van der Waals surface area contributed by atoms with E-state index in [9.17, 15) is 4.79 Å². The normalized spacial score (nSPS) is 22.2. The van der Waals surface area contributed by atoms with E-state index in [1.807, 2.05) is 6.08 Å². The van der Waals surface area contributed by atoms with Gasteiger partial charge in [-0.15, -0.1) is 0 Å². The van der Waals surface area contributed by atoms with E-state index in [2.05, 4.69) is 23.0 Å². The van der Waals surface area contributed by atoms with Crippen molar-refractivity contribution < 1.29 is 9.53 Å². The lowest BCUT2D eigenvalue weighted by Crippen LogP contribution is -1.97. The van der Waals surface area contributed by atoms with Crippen molar-refractivity contribution in [2.24, 2.45) is 0 Å². The Balaban J connectivity index is 2.05. The minimum Gasteiger partial charge on any atom is -0.466 e. The Kier molecular flexibility index (Phi) is 4.57. The summed E-state index contributed by atoms with van der Waals surface area (Å²) in [5.41, 5.74) is 4.08. The molecule has 0 bridgehead atoms. The molecular formula is C16H20O2. The second kappa shape index (κ2) is 6.39. The van der Waals surface area contributed by atoms with E-state index >= 15 is 0 Å². The van der Waals surface area contributed by atoms with Crippen molar-refractivity contribution in [2.75, 3.05) is 7.11 Å². The number of esters is 1. The van der Waals surface area contributed by atoms with E-state index in [0.717, 1.165) is 19.3 Å². The summed E-state index contributed by atoms with van der Waals surface area (Å²) in [4.78, 5) is 11.1. The third-order valence-corrected chi connectivity index (χ3v) is 3.38. The van der Waals surface area contributed by atoms with Gasteiger partial charge in [-0.2, -0.15) is 0 Å². The van der Waals surface area contributed by atoms with Crippen LogP contribution in [0, 0.1) is 0 Å². The van der Waals surface area contributed by atoms with Crippen LogP contribution in [0.3, 0.4) is 0 Å². The van der Waals surface area contributed by atoms with Gasteiger partial charge in [0.1, 0.15) is 0 Å². The number of allylic oxidation sites excluding steroid dienone is 7. The van der Waals surface area contributed by atoms with Gasteiger partial charge >= 0.3 is 5.97 Å². The molecule has 2 rings (SSSR count). The van der Waals surface area contributed by atoms with Crippen LogP contribution in [0.1, 0.15) is 38.5 Å². The second-order valence-electron chi connectivity index (χ2n) is 4.82. The number of methoxy groups -OCH3 is 1. The largest absolute Gasteiger partial charge is 0.466 e. The van der Waals surface area contributed by atoms with Crippen molar-refractivity contribution in [3.8, 4) is 0 Å². The Bertz CT molecular complexity index is 436. The molecule has 96 valence electrons. The van der Waals surface area contributed by atoms with Crippen LogP contribution in [0.2, 0.25) is 0 Å². The zero-order valence-corrected chi connectivity index (χ0v) is 10.9. The highest BCUT2D eigenvalue weighted by atomic mass is 16.5. The Morgan fingerprint density at radius 3 is 2.78 bits per heavy atom. The average Bonchev–Trinajstić information content (AvgIpc) is 2.89. The van der Waals surface area contributed by atoms with Crippen molar-refractivity contribution >= 4 is 5.97 Å². The van der Waals surface area contributed by atoms with Crippen molar-refractivity contribution in [2.45, 2.75) is 38.5 Å². The van der Waals surface area contributed by atoms with E-state index in [0.29, 0.717) is 0 Å². The van der Waals surface area contributed by atoms with Crippen LogP contribution in [0.5, 0.6) is 0 Å². The average molecular weight is 244 g/mol. The van der Waals surface area contributed by atoms with Gasteiger partial charge in [0.2, 0.25) is 0 Å². The van der Waals surface area contributed by atoms with Crippen LogP contribution in [0.25, 0.3) is 0 Å². The molecule has 0 aromatic rings. The molecule has 2 nitrogen and oxygen atoms in total. The first-order valence-electron chi connectivity index (χ1n) is 6.64. The van der Waals surface area contributed by atoms with Gasteiger partial charge in [0.05, 0.1) is 7.11 Å². The fraction of sp³-hybridized carbons (Fsp3) is 0.438. The zero-order chi connectivity index (χ0) is 12.8. The maximum Gasteiger partial charge on any atom is 0.330 e. The van der Waals surface area contributed by atoms with Gasteiger partial charge in [0, 0.05) is 6.08 Å². The van der Waals surface area contributed by atoms with Crippen LogP contribution in [-0.2, 0) is 9.53 Å². The Morgan fingerprint density at radius 1 is 1.22 bits per heavy atom. The number of hydrogen-bond acceptors (Lipinski definition) is 2. The summed E-state index contributed by atoms with van der Waals surface area (Å²) in [6, 6.07) is 0. The van der Waals surface area contributed by atoms with Gasteiger partial charge in [0.25, 0.3) is 0 Å². The van der Waals surface area contributed by atoms with E-state index in [1.165, 1.54) is 49.2 Å². The molecule has 0 atom stereocenters. The molecule has 0 aromatic heterocycles. The molecule has 18 heavy (non-hydrogen) atoms. The highest BCUT2D eigenvalue weighted by molar-refractivity contribution is 5.82. The maximum atomic E-state index is 11.1. The van der Waals surface area contributed by atoms with Crippen LogP contribution < -0.4 is 0 Å². The van der Waals surface area contributed by atoms with E-state index in [-0.39, 0.29) is 5.97 Å². The predicted octanol–water partition coefficient (Wildman–Crippen LogP) is 3.86. The Morgan fingerprint density at radius 2 is 2.06 bits per heavy atom. The highest BCUT2D eigenvalue weighted by Crippen LogP contribution is 2.27. The zero-order valence-electron chi connectivity index (χ0n) is 10.9. The number of carbonyl (C=O) groups is 1. The summed E-state index contributed by atoms with van der Waals surface area (Å²) in [6.45, 7) is 0. The molecule has 0 aliphatic heterocycles. The van der Waals surface area contributed by atoms with Gasteiger partial charge in [-0.3, -0.25) is 0 Å². The monoisotopic (exact) mass is 244 g/mol. The van der Waals surface area contributed by atoms with Crippen LogP contribution in [0.15, 0.2) is 47.1 Å². The lowest BCUT2D eigenvalue weighted by atomic mass is 9.93. The summed E-state index contributed by atoms with van der Waals surface area (Å²) in [6.07, 6.45) is 17.3. The fourth-order valence-corrected chi connectivity index (χ4v) is 2.43. The Labute approximate surface area is 109 Å². The first-order valence-corrected chi connectivity index (χ1v) is 6.64. The molecule has 0 aromatic carbocycles. The number of carbonyl (C=O) groups excluding carboxylic acids is 1. The minimum atomic E-state index is -0.287. The molecule has 0 radical (unpaired) electrons. The molecule has 0 fully saturated rings. The third-order valence-electron chi connectivity index (χ3n) is 3.38. The molecule has 0 saturated carbocycles. The molecule has 0 spiro atoms. The lowest BCUT2D eigenvalue weighted by molar-refractivity contribution is -0.134. The molecule has 0 saturated heterocycles. The first-order chi connectivity index (χ1) is 8.78. The molecular weight excluding hydrogens is 224 g/mol. The molecule has 0 unspecified atom stereocenters. The van der Waals surface area contributed by atoms with Gasteiger partial charge in [-0.1, -0.05) is 29.9 Å². The summed E-state index contributed by atoms with van der Waals surface area (Å²) in [5, 5.41) is 0. The number of hydrogen-bond donors (Lipinski definition) is 0. The van der Waals surface area contributed by atoms with E-state index in [1.54, 1.807) is 0 Å². The van der Waals surface area contributed by atoms with Crippen molar-refractivity contribution in [3.05, 3.63) is 47.1 Å². The molecule has 2 aliphatic rings. The molecule has 0 N–H and O–H groups in total. The standard InChI is InChI=1S/C16H20O2/c1-18-16(17)10-9-14-7-4-8-15(12-14)11-13-5-2-3-6-13/h5,9-12H,2-4,6-8H2,1H3/b10-9+,15-11-. The second-order valence-corrected chi connectivity index (χ2v) is 4.82. The quantitative estimate of drug-likeness (QED) is 0.556. The van der Waals surface area contributed by atoms with Crippen molar-refractivity contribution in [1.29, 1.82) is 0 Å². The number of rotatable bonds is 3. The summed E-state index contributed by atoms with van der Waals surface area (Å²) >= 11 is 0. The molecule has 2 heteroatoms. The van der Waals surface area contributed by atoms with Gasteiger partial charge in [0.15, 0.2) is 0 Å². The van der Waals surface area contributed by atoms with E-state index in [4.69, 9.17) is 0 Å². The maximum absolute atomic E-state index is 11.1. The summed E-state index contributed by atoms with van der Waals surface area (Å²) < 4.78 is 4.60. The molecule has 0 amide bonds. The topological polar surface area (TPSA) is 26.3 Å². The predicted molar refractivity (Wildman–Crippen MR) is 73.1 cm³/mol. The van der Waals surface area contributed by atoms with Gasteiger partial charge in [-0.25, -0.2) is 4.79 Å². The fourth-order valence-electron chi connectivity index (χ4n) is 2.43. The van der Waals surface area contributed by atoms with Crippen molar-refractivity contribution in [3.63, 3.8) is 0 Å². The minimum absolute atomic E-state index is 0.287. The number of ether oxygens (including phenoxy) is 1. The van der Waals surface area contributed by atoms with Gasteiger partial charge < -0.3 is 4.74 Å². The van der Waals surface area contributed by atoms with Crippen LogP contribution >= 0.6 is 0 Å². The van der Waals surface area contributed by atoms with Crippen LogP contribution in [0.4, 0.5) is 0 Å². The summed E-state index contributed by atoms with van der Waals surface area (Å²) in [5.74, 6) is -0.287. The lowest BCUT2D eigenvalue weighted by Gasteiger charge is -2.12. The third kappa shape index (κ3) is 3.73. The first kappa shape index (κ1) is 12.9. The van der Waals surface area contributed by atoms with Crippen LogP contribution in [-0.4, -0.2) is 13.1 Å².